The molecule has 4 heterocycles. The van der Waals surface area contributed by atoms with Crippen LogP contribution >= 0.6 is 34.9 Å². The summed E-state index contributed by atoms with van der Waals surface area (Å²) in [5.41, 5.74) is -1.32. The van der Waals surface area contributed by atoms with Gasteiger partial charge < -0.3 is 10.4 Å². The van der Waals surface area contributed by atoms with Crippen molar-refractivity contribution in [3.63, 3.8) is 0 Å². The number of carbonyl (C=O) groups is 3. The van der Waals surface area contributed by atoms with Crippen LogP contribution < -0.4 is 16.4 Å². The van der Waals surface area contributed by atoms with E-state index in [4.69, 9.17) is 0 Å². The molecule has 4 rings (SSSR count). The smallest absolute Gasteiger partial charge is 0.352 e. The maximum absolute atomic E-state index is 12.8. The molecule has 0 unspecified atom stereocenters. The van der Waals surface area contributed by atoms with Crippen LogP contribution in [0.2, 0.25) is 0 Å². The van der Waals surface area contributed by atoms with Crippen molar-refractivity contribution in [2.45, 2.75) is 29.5 Å². The highest BCUT2D eigenvalue weighted by Gasteiger charge is 2.54. The van der Waals surface area contributed by atoms with Crippen LogP contribution in [0.4, 0.5) is 0 Å². The summed E-state index contributed by atoms with van der Waals surface area (Å²) in [5, 5.41) is 20.1. The molecule has 2 amide bonds. The number of amides is 2. The largest absolute Gasteiger partial charge is 0.477 e. The Morgan fingerprint density at radius 2 is 2.18 bits per heavy atom. The van der Waals surface area contributed by atoms with Crippen LogP contribution in [0.25, 0.3) is 0 Å². The number of hydrogen-bond acceptors (Lipinski definition) is 9. The van der Waals surface area contributed by atoms with Crippen LogP contribution in [-0.4, -0.2) is 65.5 Å². The Bertz CT molecular complexity index is 1300. The molecule has 2 aromatic rings. The number of carboxylic acids is 1. The molecule has 0 radical (unpaired) electrons. The molecule has 0 aliphatic carbocycles. The third-order valence-corrected chi connectivity index (χ3v) is 8.37. The Labute approximate surface area is 204 Å². The maximum atomic E-state index is 12.8. The second-order valence-corrected chi connectivity index (χ2v) is 10.4. The topological polar surface area (TPSA) is 154 Å². The fourth-order valence-corrected chi connectivity index (χ4v) is 6.70. The lowest BCUT2D eigenvalue weighted by molar-refractivity contribution is -0.150. The van der Waals surface area contributed by atoms with Crippen molar-refractivity contribution >= 4 is 52.6 Å². The summed E-state index contributed by atoms with van der Waals surface area (Å²) >= 11 is 3.87. The quantitative estimate of drug-likeness (QED) is 0.182. The Hall–Kier alpha value is -3.10. The minimum atomic E-state index is -1.25. The first-order chi connectivity index (χ1) is 16.3. The highest BCUT2D eigenvalue weighted by atomic mass is 32.2. The van der Waals surface area contributed by atoms with Crippen LogP contribution in [0.1, 0.15) is 4.88 Å². The lowest BCUT2D eigenvalue weighted by Crippen LogP contribution is -2.70. The number of aromatic amines is 1. The molecule has 2 aromatic heterocycles. The Balaban J connectivity index is 1.49. The first-order valence-electron chi connectivity index (χ1n) is 9.96. The van der Waals surface area contributed by atoms with Gasteiger partial charge in [-0.1, -0.05) is 23.9 Å². The summed E-state index contributed by atoms with van der Waals surface area (Å²) < 4.78 is 1.14. The second-order valence-electron chi connectivity index (χ2n) is 7.30. The number of allylic oxidation sites excluding steroid dienone is 1. The van der Waals surface area contributed by atoms with Crippen molar-refractivity contribution in [1.82, 2.24) is 25.0 Å². The van der Waals surface area contributed by atoms with E-state index in [1.165, 1.54) is 34.1 Å². The number of aromatic nitrogens is 3. The van der Waals surface area contributed by atoms with E-state index in [0.29, 0.717) is 11.3 Å². The molecule has 3 N–H and O–H groups in total. The van der Waals surface area contributed by atoms with Gasteiger partial charge in [0.15, 0.2) is 5.16 Å². The van der Waals surface area contributed by atoms with E-state index in [1.54, 1.807) is 0 Å². The number of carboxylic acid groups (broad SMARTS) is 1. The predicted molar refractivity (Wildman–Crippen MR) is 128 cm³/mol. The summed E-state index contributed by atoms with van der Waals surface area (Å²) in [4.78, 5) is 62.9. The number of thioether (sulfide) groups is 2. The molecular formula is C20H19N5O6S3. The first-order valence-corrected chi connectivity index (χ1v) is 12.9. The van der Waals surface area contributed by atoms with Gasteiger partial charge in [0.2, 0.25) is 5.91 Å². The summed E-state index contributed by atoms with van der Waals surface area (Å²) in [6.07, 6.45) is 1.60. The summed E-state index contributed by atoms with van der Waals surface area (Å²) in [6.45, 7) is 3.63. The van der Waals surface area contributed by atoms with Crippen molar-refractivity contribution in [3.05, 3.63) is 67.0 Å². The second kappa shape index (κ2) is 10.0. The summed E-state index contributed by atoms with van der Waals surface area (Å²) in [5.74, 6) is -1.59. The van der Waals surface area contributed by atoms with E-state index in [9.17, 15) is 29.1 Å². The number of β-lactam (4-membered cyclic amide) rings is 1. The van der Waals surface area contributed by atoms with E-state index in [2.05, 4.69) is 22.1 Å². The number of nitrogens with one attached hydrogen (secondary N) is 2. The summed E-state index contributed by atoms with van der Waals surface area (Å²) in [6, 6.07) is 2.87. The van der Waals surface area contributed by atoms with Gasteiger partial charge in [-0.2, -0.15) is 0 Å². The average molecular weight is 522 g/mol. The van der Waals surface area contributed by atoms with Gasteiger partial charge in [-0.25, -0.2) is 9.89 Å². The fourth-order valence-electron chi connectivity index (χ4n) is 3.56. The van der Waals surface area contributed by atoms with Crippen LogP contribution in [0, 0.1) is 0 Å². The molecule has 1 fully saturated rings. The van der Waals surface area contributed by atoms with Crippen molar-refractivity contribution in [2.75, 3.05) is 11.5 Å². The molecule has 0 spiro atoms. The van der Waals surface area contributed by atoms with E-state index >= 15 is 0 Å². The lowest BCUT2D eigenvalue weighted by Gasteiger charge is -2.49. The molecule has 34 heavy (non-hydrogen) atoms. The molecule has 11 nitrogen and oxygen atoms in total. The van der Waals surface area contributed by atoms with Crippen molar-refractivity contribution in [3.8, 4) is 0 Å². The molecule has 178 valence electrons. The average Bonchev–Trinajstić information content (AvgIpc) is 3.32. The molecule has 2 aliphatic rings. The van der Waals surface area contributed by atoms with Gasteiger partial charge in [0.25, 0.3) is 5.91 Å². The van der Waals surface area contributed by atoms with Gasteiger partial charge in [-0.3, -0.25) is 28.6 Å². The summed E-state index contributed by atoms with van der Waals surface area (Å²) in [7, 11) is 0. The molecule has 2 atom stereocenters. The number of H-pyrrole nitrogens is 1. The SMILES string of the molecule is C=CCn1c(SCC2=C(C(=O)O)N3C(=O)[C@@H](NC(=O)Cc4cccs4)[C@@H]3SC2)n[nH]c(=O)c1=O. The van der Waals surface area contributed by atoms with Gasteiger partial charge in [-0.05, 0) is 17.0 Å². The van der Waals surface area contributed by atoms with Crippen LogP contribution in [0.5, 0.6) is 0 Å². The monoisotopic (exact) mass is 521 g/mol. The number of nitrogens with zero attached hydrogens (tertiary/aromatic N) is 3. The van der Waals surface area contributed by atoms with Crippen molar-refractivity contribution in [1.29, 1.82) is 0 Å². The van der Waals surface area contributed by atoms with Gasteiger partial charge in [-0.15, -0.1) is 34.8 Å². The molecule has 0 saturated carbocycles. The van der Waals surface area contributed by atoms with Crippen molar-refractivity contribution in [2.24, 2.45) is 0 Å². The van der Waals surface area contributed by atoms with Gasteiger partial charge >= 0.3 is 17.1 Å². The standard InChI is InChI=1S/C20H19N5O6S3/c1-2-5-24-17(29)15(27)22-23-20(24)34-9-10-8-33-18-13(16(28)25(18)14(10)19(30)31)21-12(26)7-11-4-3-6-32-11/h2-4,6,13,18H,1,5,7-9H2,(H,21,26)(H,22,27)(H,30,31)/t13-,18+/m1/s1. The third kappa shape index (κ3) is 4.60. The number of fused-ring (bicyclic) bond motifs is 1. The molecular weight excluding hydrogens is 502 g/mol. The number of hydrogen-bond donors (Lipinski definition) is 3. The third-order valence-electron chi connectivity index (χ3n) is 5.09. The van der Waals surface area contributed by atoms with Crippen LogP contribution in [-0.2, 0) is 27.3 Å². The first kappa shape index (κ1) is 24.0. The Morgan fingerprint density at radius 1 is 1.38 bits per heavy atom. The normalized spacial score (nSPS) is 19.4. The molecule has 1 saturated heterocycles. The zero-order chi connectivity index (χ0) is 24.4. The number of carbonyl (C=O) groups excluding carboxylic acids is 2. The van der Waals surface area contributed by atoms with Crippen molar-refractivity contribution < 1.29 is 19.5 Å². The fraction of sp³-hybridized carbons (Fsp3) is 0.300. The zero-order valence-electron chi connectivity index (χ0n) is 17.6. The molecule has 0 aromatic carbocycles. The van der Waals surface area contributed by atoms with Gasteiger partial charge in [0.1, 0.15) is 17.1 Å². The number of aliphatic carboxylic acids is 1. The molecule has 2 aliphatic heterocycles. The van der Waals surface area contributed by atoms with Gasteiger partial charge in [0.05, 0.1) is 6.42 Å². The zero-order valence-corrected chi connectivity index (χ0v) is 20.0. The molecule has 0 bridgehead atoms. The Kier molecular flexibility index (Phi) is 7.09. The van der Waals surface area contributed by atoms with E-state index in [0.717, 1.165) is 21.2 Å². The lowest BCUT2D eigenvalue weighted by atomic mass is 10.0. The maximum Gasteiger partial charge on any atom is 0.352 e. The number of thiophene rings is 1. The van der Waals surface area contributed by atoms with E-state index in [-0.39, 0.29) is 35.5 Å². The highest BCUT2D eigenvalue weighted by Crippen LogP contribution is 2.41. The highest BCUT2D eigenvalue weighted by molar-refractivity contribution is 8.01. The minimum absolute atomic E-state index is 0.0667. The van der Waals surface area contributed by atoms with E-state index in [1.807, 2.05) is 17.5 Å². The minimum Gasteiger partial charge on any atom is -0.477 e. The number of rotatable bonds is 9. The van der Waals surface area contributed by atoms with Crippen LogP contribution in [0.3, 0.4) is 0 Å². The molecule has 14 heteroatoms. The van der Waals surface area contributed by atoms with Crippen LogP contribution in [0.15, 0.2) is 56.2 Å². The van der Waals surface area contributed by atoms with Gasteiger partial charge in [0, 0.05) is 22.9 Å². The Morgan fingerprint density at radius 3 is 2.85 bits per heavy atom. The predicted octanol–water partition coefficient (Wildman–Crippen LogP) is 0.253. The van der Waals surface area contributed by atoms with E-state index < -0.39 is 34.4 Å².